The second kappa shape index (κ2) is 4.62. The Kier molecular flexibility index (Phi) is 3.67. The van der Waals surface area contributed by atoms with Gasteiger partial charge in [0.15, 0.2) is 6.29 Å². The molecule has 1 fully saturated rings. The van der Waals surface area contributed by atoms with E-state index in [1.165, 1.54) is 0 Å². The first-order valence-electron chi connectivity index (χ1n) is 3.35. The predicted molar refractivity (Wildman–Crippen MR) is 33.6 cm³/mol. The van der Waals surface area contributed by atoms with Gasteiger partial charge in [0, 0.05) is 0 Å². The van der Waals surface area contributed by atoms with Crippen molar-refractivity contribution in [1.82, 2.24) is 0 Å². The maximum absolute atomic E-state index is 8.94. The van der Waals surface area contributed by atoms with Gasteiger partial charge in [-0.15, -0.1) is 0 Å². The van der Waals surface area contributed by atoms with Crippen molar-refractivity contribution in [2.24, 2.45) is 0 Å². The lowest BCUT2D eigenvalue weighted by Crippen LogP contribution is -2.19. The summed E-state index contributed by atoms with van der Waals surface area (Å²) in [5.74, 6) is 0. The van der Waals surface area contributed by atoms with Gasteiger partial charge in [-0.3, -0.25) is 0 Å². The first-order valence-corrected chi connectivity index (χ1v) is 3.35. The van der Waals surface area contributed by atoms with Crippen molar-refractivity contribution >= 4 is 0 Å². The average molecular weight is 148 g/mol. The standard InChI is InChI=1S/C6H12O4/c7-6-5-9-2-1-8-3-4-10-6/h6-7H,1-5H2. The lowest BCUT2D eigenvalue weighted by atomic mass is 10.6. The molecule has 1 heterocycles. The molecule has 1 rings (SSSR count). The Morgan fingerprint density at radius 3 is 2.60 bits per heavy atom. The van der Waals surface area contributed by atoms with Crippen LogP contribution in [0.2, 0.25) is 0 Å². The molecule has 1 aliphatic heterocycles. The van der Waals surface area contributed by atoms with Crippen molar-refractivity contribution in [1.29, 1.82) is 0 Å². The van der Waals surface area contributed by atoms with Gasteiger partial charge in [-0.1, -0.05) is 0 Å². The second-order valence-electron chi connectivity index (χ2n) is 2.01. The monoisotopic (exact) mass is 148 g/mol. The molecule has 60 valence electrons. The van der Waals surface area contributed by atoms with E-state index in [4.69, 9.17) is 19.3 Å². The third-order valence-corrected chi connectivity index (χ3v) is 1.17. The van der Waals surface area contributed by atoms with Gasteiger partial charge in [0.1, 0.15) is 0 Å². The minimum Gasteiger partial charge on any atom is -0.377 e. The van der Waals surface area contributed by atoms with Crippen molar-refractivity contribution < 1.29 is 19.3 Å². The fourth-order valence-electron chi connectivity index (χ4n) is 0.695. The number of hydrogen-bond donors (Lipinski definition) is 1. The third-order valence-electron chi connectivity index (χ3n) is 1.17. The van der Waals surface area contributed by atoms with E-state index >= 15 is 0 Å². The largest absolute Gasteiger partial charge is 0.377 e. The van der Waals surface area contributed by atoms with Crippen LogP contribution in [0.5, 0.6) is 0 Å². The zero-order valence-electron chi connectivity index (χ0n) is 5.78. The summed E-state index contributed by atoms with van der Waals surface area (Å²) in [5, 5.41) is 8.94. The molecular weight excluding hydrogens is 136 g/mol. The molecule has 0 aromatic carbocycles. The van der Waals surface area contributed by atoms with Gasteiger partial charge in [-0.05, 0) is 0 Å². The summed E-state index contributed by atoms with van der Waals surface area (Å²) >= 11 is 0. The van der Waals surface area contributed by atoms with Gasteiger partial charge < -0.3 is 19.3 Å². The summed E-state index contributed by atoms with van der Waals surface area (Å²) in [6, 6.07) is 0. The molecule has 0 aromatic heterocycles. The summed E-state index contributed by atoms with van der Waals surface area (Å²) < 4.78 is 14.9. The van der Waals surface area contributed by atoms with Crippen LogP contribution in [-0.4, -0.2) is 44.4 Å². The summed E-state index contributed by atoms with van der Waals surface area (Å²) in [6.07, 6.45) is -0.790. The van der Waals surface area contributed by atoms with Gasteiger partial charge >= 0.3 is 0 Å². The molecule has 4 heteroatoms. The van der Waals surface area contributed by atoms with Crippen LogP contribution in [0.1, 0.15) is 0 Å². The molecule has 0 spiro atoms. The number of aliphatic hydroxyl groups excluding tert-OH is 1. The Labute approximate surface area is 59.7 Å². The van der Waals surface area contributed by atoms with Crippen molar-refractivity contribution in [2.75, 3.05) is 33.0 Å². The van der Waals surface area contributed by atoms with Crippen LogP contribution in [0.4, 0.5) is 0 Å². The SMILES string of the molecule is OC1COCCOCCO1. The molecule has 1 aliphatic rings. The highest BCUT2D eigenvalue weighted by Gasteiger charge is 2.05. The smallest absolute Gasteiger partial charge is 0.178 e. The minimum atomic E-state index is -0.790. The fraction of sp³-hybridized carbons (Fsp3) is 1.00. The van der Waals surface area contributed by atoms with Gasteiger partial charge in [-0.25, -0.2) is 0 Å². The zero-order valence-corrected chi connectivity index (χ0v) is 5.78. The molecule has 10 heavy (non-hydrogen) atoms. The molecule has 0 radical (unpaired) electrons. The number of rotatable bonds is 0. The van der Waals surface area contributed by atoms with Crippen molar-refractivity contribution in [3.63, 3.8) is 0 Å². The highest BCUT2D eigenvalue weighted by molar-refractivity contribution is 4.42. The summed E-state index contributed by atoms with van der Waals surface area (Å²) in [7, 11) is 0. The van der Waals surface area contributed by atoms with Crippen molar-refractivity contribution in [2.45, 2.75) is 6.29 Å². The number of ether oxygens (including phenoxy) is 3. The van der Waals surface area contributed by atoms with Crippen LogP contribution < -0.4 is 0 Å². The van der Waals surface area contributed by atoms with Crippen LogP contribution >= 0.6 is 0 Å². The molecule has 0 aliphatic carbocycles. The van der Waals surface area contributed by atoms with Gasteiger partial charge in [0.05, 0.1) is 33.0 Å². The van der Waals surface area contributed by atoms with E-state index in [1.807, 2.05) is 0 Å². The normalized spacial score (nSPS) is 30.3. The topological polar surface area (TPSA) is 47.9 Å². The summed E-state index contributed by atoms with van der Waals surface area (Å²) in [4.78, 5) is 0. The van der Waals surface area contributed by atoms with Crippen molar-refractivity contribution in [3.8, 4) is 0 Å². The van der Waals surface area contributed by atoms with E-state index in [0.717, 1.165) is 0 Å². The highest BCUT2D eigenvalue weighted by atomic mass is 16.6. The Hall–Kier alpha value is -0.160. The van der Waals surface area contributed by atoms with E-state index in [2.05, 4.69) is 0 Å². The molecular formula is C6H12O4. The lowest BCUT2D eigenvalue weighted by Gasteiger charge is -2.08. The molecule has 0 saturated carbocycles. The van der Waals surface area contributed by atoms with Crippen LogP contribution in [-0.2, 0) is 14.2 Å². The molecule has 0 aromatic rings. The van der Waals surface area contributed by atoms with E-state index in [-0.39, 0.29) is 6.61 Å². The molecule has 1 atom stereocenters. The first-order chi connectivity index (χ1) is 4.89. The Bertz CT molecular complexity index is 75.8. The van der Waals surface area contributed by atoms with E-state index < -0.39 is 6.29 Å². The summed E-state index contributed by atoms with van der Waals surface area (Å²) in [6.45, 7) is 2.31. The number of hydrogen-bond acceptors (Lipinski definition) is 4. The maximum Gasteiger partial charge on any atom is 0.178 e. The maximum atomic E-state index is 8.94. The molecule has 0 amide bonds. The van der Waals surface area contributed by atoms with Gasteiger partial charge in [0.25, 0.3) is 0 Å². The molecule has 1 saturated heterocycles. The number of aliphatic hydroxyl groups is 1. The molecule has 1 N–H and O–H groups in total. The van der Waals surface area contributed by atoms with Gasteiger partial charge in [-0.2, -0.15) is 0 Å². The Morgan fingerprint density at radius 2 is 1.70 bits per heavy atom. The Morgan fingerprint density at radius 1 is 1.00 bits per heavy atom. The zero-order chi connectivity index (χ0) is 7.23. The first kappa shape index (κ1) is 7.94. The quantitative estimate of drug-likeness (QED) is 0.497. The fourth-order valence-corrected chi connectivity index (χ4v) is 0.695. The van der Waals surface area contributed by atoms with Crippen LogP contribution in [0.25, 0.3) is 0 Å². The lowest BCUT2D eigenvalue weighted by molar-refractivity contribution is -0.133. The third kappa shape index (κ3) is 3.12. The highest BCUT2D eigenvalue weighted by Crippen LogP contribution is 1.92. The molecule has 1 unspecified atom stereocenters. The van der Waals surface area contributed by atoms with Crippen LogP contribution in [0, 0.1) is 0 Å². The van der Waals surface area contributed by atoms with E-state index in [1.54, 1.807) is 0 Å². The Balaban J connectivity index is 2.15. The minimum absolute atomic E-state index is 0.239. The van der Waals surface area contributed by atoms with Crippen molar-refractivity contribution in [3.05, 3.63) is 0 Å². The van der Waals surface area contributed by atoms with Crippen LogP contribution in [0.15, 0.2) is 0 Å². The van der Waals surface area contributed by atoms with Gasteiger partial charge in [0.2, 0.25) is 0 Å². The predicted octanol–water partition coefficient (Wildman–Crippen LogP) is -0.632. The van der Waals surface area contributed by atoms with E-state index in [9.17, 15) is 0 Å². The molecule has 0 bridgehead atoms. The molecule has 4 nitrogen and oxygen atoms in total. The van der Waals surface area contributed by atoms with E-state index in [0.29, 0.717) is 26.4 Å². The average Bonchev–Trinajstić information content (AvgIpc) is 2.02. The van der Waals surface area contributed by atoms with Crippen LogP contribution in [0.3, 0.4) is 0 Å². The second-order valence-corrected chi connectivity index (χ2v) is 2.01. The summed E-state index contributed by atoms with van der Waals surface area (Å²) in [5.41, 5.74) is 0.